The monoisotopic (exact) mass is 390 g/mol. The summed E-state index contributed by atoms with van der Waals surface area (Å²) in [5.41, 5.74) is 1.67. The normalized spacial score (nSPS) is 19.5. The van der Waals surface area contributed by atoms with Gasteiger partial charge in [0.05, 0.1) is 29.0 Å². The number of Topliss-reactive ketones (excluding diaryl/α,β-unsaturated/α-hetero) is 1. The average Bonchev–Trinajstić information content (AvgIpc) is 3.07. The van der Waals surface area contributed by atoms with E-state index in [1.165, 1.54) is 6.92 Å². The number of carbonyl (C=O) groups is 2. The number of pyridine rings is 2. The molecule has 7 heteroatoms. The minimum Gasteiger partial charge on any atom is -0.458 e. The largest absolute Gasteiger partial charge is 0.458 e. The molecule has 0 amide bonds. The summed E-state index contributed by atoms with van der Waals surface area (Å²) in [6.45, 7) is 3.34. The van der Waals surface area contributed by atoms with Gasteiger partial charge >= 0.3 is 5.97 Å². The molecular formula is C22H18N2O5. The number of cyclic esters (lactones) is 1. The van der Waals surface area contributed by atoms with Gasteiger partial charge in [0.25, 0.3) is 5.56 Å². The first kappa shape index (κ1) is 17.8. The van der Waals surface area contributed by atoms with Crippen LogP contribution in [0, 0.1) is 0 Å². The molecule has 146 valence electrons. The number of esters is 1. The fourth-order valence-electron chi connectivity index (χ4n) is 4.31. The number of rotatable bonds is 2. The Morgan fingerprint density at radius 1 is 1.31 bits per heavy atom. The standard InChI is InChI=1S/C22H18N2O5/c1-3-22(28)16-8-18-19-12(9-24(18)20(26)15(16)10-29-21(22)27)7-14-13(11(2)25)5-4-6-17(14)23-19/h4-8,28H,3,9-10H2,1-2H3/t22-/m0/s1. The van der Waals surface area contributed by atoms with Crippen LogP contribution in [0.25, 0.3) is 22.3 Å². The molecule has 0 saturated heterocycles. The molecule has 5 rings (SSSR count). The number of hydrogen-bond donors (Lipinski definition) is 1. The van der Waals surface area contributed by atoms with Gasteiger partial charge in [-0.3, -0.25) is 9.59 Å². The number of nitrogens with zero attached hydrogens (tertiary/aromatic N) is 2. The molecule has 7 nitrogen and oxygen atoms in total. The van der Waals surface area contributed by atoms with Crippen molar-refractivity contribution in [2.75, 3.05) is 0 Å². The van der Waals surface area contributed by atoms with Crippen LogP contribution >= 0.6 is 0 Å². The molecular weight excluding hydrogens is 372 g/mol. The summed E-state index contributed by atoms with van der Waals surface area (Å²) in [7, 11) is 0. The molecule has 29 heavy (non-hydrogen) atoms. The lowest BCUT2D eigenvalue weighted by Crippen LogP contribution is -2.44. The minimum absolute atomic E-state index is 0.0517. The number of fused-ring (bicyclic) bond motifs is 5. The van der Waals surface area contributed by atoms with E-state index in [9.17, 15) is 19.5 Å². The smallest absolute Gasteiger partial charge is 0.343 e. The van der Waals surface area contributed by atoms with Gasteiger partial charge in [0.1, 0.15) is 6.61 Å². The highest BCUT2D eigenvalue weighted by Crippen LogP contribution is 2.38. The summed E-state index contributed by atoms with van der Waals surface area (Å²) in [6, 6.07) is 8.93. The van der Waals surface area contributed by atoms with Crippen LogP contribution in [-0.4, -0.2) is 26.4 Å². The number of ketones is 1. The molecule has 1 atom stereocenters. The van der Waals surface area contributed by atoms with Gasteiger partial charge in [0.15, 0.2) is 11.4 Å². The predicted octanol–water partition coefficient (Wildman–Crippen LogP) is 2.28. The van der Waals surface area contributed by atoms with Crippen LogP contribution in [0.2, 0.25) is 0 Å². The molecule has 0 spiro atoms. The second-order valence-electron chi connectivity index (χ2n) is 7.53. The van der Waals surface area contributed by atoms with Gasteiger partial charge in [0.2, 0.25) is 0 Å². The molecule has 2 aliphatic rings. The van der Waals surface area contributed by atoms with Crippen molar-refractivity contribution < 1.29 is 19.4 Å². The highest BCUT2D eigenvalue weighted by molar-refractivity contribution is 6.06. The van der Waals surface area contributed by atoms with Crippen LogP contribution in [-0.2, 0) is 28.3 Å². The molecule has 0 bridgehead atoms. The number of carbonyl (C=O) groups excluding carboxylic acids is 2. The van der Waals surface area contributed by atoms with Crippen molar-refractivity contribution in [1.29, 1.82) is 0 Å². The minimum atomic E-state index is -1.84. The summed E-state index contributed by atoms with van der Waals surface area (Å²) in [4.78, 5) is 42.0. The van der Waals surface area contributed by atoms with Crippen molar-refractivity contribution in [2.45, 2.75) is 39.0 Å². The average molecular weight is 390 g/mol. The van der Waals surface area contributed by atoms with Crippen LogP contribution in [0.5, 0.6) is 0 Å². The van der Waals surface area contributed by atoms with E-state index in [1.807, 2.05) is 12.1 Å². The molecule has 2 aromatic heterocycles. The van der Waals surface area contributed by atoms with Crippen LogP contribution in [0.15, 0.2) is 35.1 Å². The summed E-state index contributed by atoms with van der Waals surface area (Å²) in [5.74, 6) is -0.795. The Labute approximate surface area is 165 Å². The Balaban J connectivity index is 1.79. The molecule has 2 aliphatic heterocycles. The van der Waals surface area contributed by atoms with E-state index in [2.05, 4.69) is 0 Å². The van der Waals surface area contributed by atoms with Gasteiger partial charge in [-0.1, -0.05) is 19.1 Å². The van der Waals surface area contributed by atoms with Crippen molar-refractivity contribution in [2.24, 2.45) is 0 Å². The SMILES string of the molecule is CC[C@@]1(O)C(=O)OCc2c1cc1n(c2=O)Cc2cc3c(C(C)=O)cccc3nc2-1. The van der Waals surface area contributed by atoms with Crippen molar-refractivity contribution in [1.82, 2.24) is 9.55 Å². The number of aromatic nitrogens is 2. The van der Waals surface area contributed by atoms with Gasteiger partial charge in [0, 0.05) is 22.1 Å². The molecule has 0 fully saturated rings. The van der Waals surface area contributed by atoms with Crippen LogP contribution in [0.4, 0.5) is 0 Å². The van der Waals surface area contributed by atoms with E-state index < -0.39 is 11.6 Å². The van der Waals surface area contributed by atoms with Crippen LogP contribution in [0.1, 0.15) is 47.3 Å². The first-order chi connectivity index (χ1) is 13.8. The van der Waals surface area contributed by atoms with Gasteiger partial charge < -0.3 is 14.4 Å². The summed E-state index contributed by atoms with van der Waals surface area (Å²) < 4.78 is 6.66. The zero-order valence-corrected chi connectivity index (χ0v) is 16.0. The third kappa shape index (κ3) is 2.28. The predicted molar refractivity (Wildman–Crippen MR) is 105 cm³/mol. The van der Waals surface area contributed by atoms with Gasteiger partial charge in [-0.25, -0.2) is 9.78 Å². The highest BCUT2D eigenvalue weighted by atomic mass is 16.6. The maximum atomic E-state index is 13.1. The van der Waals surface area contributed by atoms with E-state index in [0.717, 1.165) is 10.9 Å². The van der Waals surface area contributed by atoms with E-state index in [4.69, 9.17) is 9.72 Å². The van der Waals surface area contributed by atoms with Gasteiger partial charge in [-0.2, -0.15) is 0 Å². The van der Waals surface area contributed by atoms with E-state index >= 15 is 0 Å². The Morgan fingerprint density at radius 3 is 2.83 bits per heavy atom. The third-order valence-corrected chi connectivity index (χ3v) is 5.93. The zero-order chi connectivity index (χ0) is 20.5. The zero-order valence-electron chi connectivity index (χ0n) is 16.0. The quantitative estimate of drug-likeness (QED) is 0.417. The molecule has 0 saturated carbocycles. The van der Waals surface area contributed by atoms with E-state index in [-0.39, 0.29) is 24.4 Å². The summed E-state index contributed by atoms with van der Waals surface area (Å²) >= 11 is 0. The molecule has 0 unspecified atom stereocenters. The number of hydrogen-bond acceptors (Lipinski definition) is 6. The molecule has 0 radical (unpaired) electrons. The van der Waals surface area contributed by atoms with E-state index in [0.29, 0.717) is 40.1 Å². The topological polar surface area (TPSA) is 98.5 Å². The number of ether oxygens (including phenoxy) is 1. The second-order valence-corrected chi connectivity index (χ2v) is 7.53. The molecule has 4 heterocycles. The number of aliphatic hydroxyl groups is 1. The van der Waals surface area contributed by atoms with Crippen LogP contribution < -0.4 is 5.56 Å². The van der Waals surface area contributed by atoms with E-state index in [1.54, 1.807) is 29.7 Å². The summed E-state index contributed by atoms with van der Waals surface area (Å²) in [5, 5.41) is 11.6. The lowest BCUT2D eigenvalue weighted by Gasteiger charge is -2.31. The summed E-state index contributed by atoms with van der Waals surface area (Å²) in [6.07, 6.45) is 0.0989. The van der Waals surface area contributed by atoms with Crippen molar-refractivity contribution in [3.63, 3.8) is 0 Å². The van der Waals surface area contributed by atoms with Gasteiger partial charge in [-0.05, 0) is 31.5 Å². The molecule has 1 N–H and O–H groups in total. The Hall–Kier alpha value is -3.32. The lowest BCUT2D eigenvalue weighted by molar-refractivity contribution is -0.172. The Bertz CT molecular complexity index is 1310. The maximum Gasteiger partial charge on any atom is 0.343 e. The number of benzene rings is 1. The van der Waals surface area contributed by atoms with Gasteiger partial charge in [-0.15, -0.1) is 0 Å². The Kier molecular flexibility index (Phi) is 3.58. The van der Waals surface area contributed by atoms with Crippen molar-refractivity contribution >= 4 is 22.7 Å². The fourth-order valence-corrected chi connectivity index (χ4v) is 4.31. The van der Waals surface area contributed by atoms with Crippen LogP contribution in [0.3, 0.4) is 0 Å². The maximum absolute atomic E-state index is 13.1. The molecule has 3 aromatic rings. The second kappa shape index (κ2) is 5.84. The highest BCUT2D eigenvalue weighted by Gasteiger charge is 2.45. The lowest BCUT2D eigenvalue weighted by atomic mass is 9.86. The molecule has 1 aromatic carbocycles. The van der Waals surface area contributed by atoms with Crippen molar-refractivity contribution in [3.05, 3.63) is 62.9 Å². The first-order valence-electron chi connectivity index (χ1n) is 9.46. The first-order valence-corrected chi connectivity index (χ1v) is 9.46. The fraction of sp³-hybridized carbons (Fsp3) is 0.273. The Morgan fingerprint density at radius 2 is 2.10 bits per heavy atom. The van der Waals surface area contributed by atoms with Crippen molar-refractivity contribution in [3.8, 4) is 11.4 Å². The third-order valence-electron chi connectivity index (χ3n) is 5.93. The molecule has 0 aliphatic carbocycles.